The number of fused-ring (bicyclic) bond motifs is 1. The summed E-state index contributed by atoms with van der Waals surface area (Å²) in [5.41, 5.74) is 1.26. The summed E-state index contributed by atoms with van der Waals surface area (Å²) >= 11 is 0. The second kappa shape index (κ2) is 23.7. The van der Waals surface area contributed by atoms with Crippen LogP contribution in [-0.2, 0) is 30.1 Å². The van der Waals surface area contributed by atoms with Crippen LogP contribution in [0.2, 0.25) is 0 Å². The predicted octanol–water partition coefficient (Wildman–Crippen LogP) is 12.4. The minimum Gasteiger partial charge on any atom is -0.497 e. The molecular weight excluding hydrogens is 942 g/mol. The van der Waals surface area contributed by atoms with Crippen molar-refractivity contribution in [2.45, 2.75) is 87.4 Å². The lowest BCUT2D eigenvalue weighted by molar-refractivity contribution is -0.165. The van der Waals surface area contributed by atoms with Gasteiger partial charge in [-0.1, -0.05) is 171 Å². The molecule has 0 saturated carbocycles. The van der Waals surface area contributed by atoms with Gasteiger partial charge in [0, 0.05) is 19.3 Å². The fraction of sp³-hybridized carbons (Fsp3) is 0.270. The number of nitrogens with one attached hydrogen (secondary N) is 1. The fourth-order valence-electron chi connectivity index (χ4n) is 10.1. The number of terminal acetylenes is 1. The smallest absolute Gasteiger partial charge is 0.312 e. The van der Waals surface area contributed by atoms with Gasteiger partial charge in [-0.25, -0.2) is 4.98 Å². The Bertz CT molecular complexity index is 3170. The van der Waals surface area contributed by atoms with Gasteiger partial charge >= 0.3 is 12.0 Å². The molecule has 0 radical (unpaired) electrons. The molecule has 8 aromatic rings. The molecule has 0 aliphatic carbocycles. The molecule has 1 aliphatic rings. The van der Waals surface area contributed by atoms with Crippen LogP contribution < -0.4 is 14.8 Å². The number of nitrogens with zero attached hydrogens (tertiary/aromatic N) is 4. The van der Waals surface area contributed by atoms with Crippen molar-refractivity contribution >= 4 is 23.0 Å². The lowest BCUT2D eigenvalue weighted by Crippen LogP contribution is -2.49. The summed E-state index contributed by atoms with van der Waals surface area (Å²) in [6.45, 7) is 1.52. The highest BCUT2D eigenvalue weighted by Gasteiger charge is 2.55. The van der Waals surface area contributed by atoms with Crippen molar-refractivity contribution in [1.82, 2.24) is 19.5 Å². The number of unbranched alkanes of at least 4 members (excludes halogenated alkanes) is 5. The summed E-state index contributed by atoms with van der Waals surface area (Å²) in [5, 5.41) is 3.69. The van der Waals surface area contributed by atoms with Gasteiger partial charge in [0.25, 0.3) is 0 Å². The number of hydrogen-bond donors (Lipinski definition) is 1. The lowest BCUT2D eigenvalue weighted by atomic mass is 9.77. The Morgan fingerprint density at radius 1 is 0.720 bits per heavy atom. The van der Waals surface area contributed by atoms with E-state index in [0.717, 1.165) is 65.5 Å². The third-order valence-corrected chi connectivity index (χ3v) is 14.0. The number of carbonyl (C=O) groups is 1. The number of esters is 1. The zero-order valence-electron chi connectivity index (χ0n) is 42.5. The third-order valence-electron chi connectivity index (χ3n) is 14.0. The maximum Gasteiger partial charge on any atom is 0.312 e. The van der Waals surface area contributed by atoms with Gasteiger partial charge in [-0.3, -0.25) is 9.36 Å². The van der Waals surface area contributed by atoms with Crippen LogP contribution in [0.5, 0.6) is 11.5 Å². The Balaban J connectivity index is 1.13. The van der Waals surface area contributed by atoms with Crippen molar-refractivity contribution < 1.29 is 32.9 Å². The molecule has 0 spiro atoms. The second-order valence-electron chi connectivity index (χ2n) is 18.4. The molecule has 3 heterocycles. The van der Waals surface area contributed by atoms with Crippen LogP contribution in [0.1, 0.15) is 97.9 Å². The van der Waals surface area contributed by atoms with E-state index in [9.17, 15) is 4.79 Å². The molecule has 9 rings (SSSR count). The first-order valence-corrected chi connectivity index (χ1v) is 25.3. The summed E-state index contributed by atoms with van der Waals surface area (Å²) in [6, 6.07) is 55.0. The number of aromatic nitrogens is 4. The Labute approximate surface area is 438 Å². The van der Waals surface area contributed by atoms with Crippen molar-refractivity contribution in [2.75, 3.05) is 26.1 Å². The monoisotopic (exact) mass is 1000 g/mol. The summed E-state index contributed by atoms with van der Waals surface area (Å²) in [7, 11) is 3.24. The minimum atomic E-state index is -1.67. The molecule has 380 valence electrons. The number of benzene rings is 6. The number of halogens is 1. The maximum absolute atomic E-state index is 16.4. The SMILES string of the molecule is C#C[C@]1(COC(=O)CCCCCCCC#CC)O[C@@H](n2cnc3c(NC(c4ccccc4)(c4ccccc4)c4ccc(OC)cc4)nc(F)nc32)C[C@@H]1OC(c1ccccc1)(c1ccccc1)c1ccc(OC)cc1. The van der Waals surface area contributed by atoms with Crippen LogP contribution in [0.15, 0.2) is 176 Å². The number of methoxy groups -OCH3 is 2. The Morgan fingerprint density at radius 3 is 1.77 bits per heavy atom. The van der Waals surface area contributed by atoms with Crippen LogP contribution in [0, 0.1) is 30.3 Å². The molecule has 75 heavy (non-hydrogen) atoms. The lowest BCUT2D eigenvalue weighted by Gasteiger charge is -2.41. The standard InChI is InChI=1S/C63H60FN5O6/c1-5-7-8-9-10-11-12-25-34-56(70)73-44-61(6-2)54(74-63(49-30-21-15-22-31-49,50-32-23-16-24-33-50)51-37-41-53(72-4)42-38-51)43-55(75-61)69-45-65-57-58(66-60(64)67-59(57)69)68-62(46-26-17-13-18-27-46,47-28-19-14-20-29-47)48-35-39-52(71-3)40-36-48/h2,13-24,26-33,35-42,45,54-55H,8-12,25,34,43-44H2,1,3-4H3,(H,66,67,68)/t54-,55+,61+/m0/s1. The third kappa shape index (κ3) is 10.9. The van der Waals surface area contributed by atoms with Crippen LogP contribution in [-0.4, -0.2) is 58.0 Å². The molecule has 3 atom stereocenters. The molecule has 0 amide bonds. The van der Waals surface area contributed by atoms with E-state index in [4.69, 9.17) is 35.1 Å². The molecule has 1 aliphatic heterocycles. The van der Waals surface area contributed by atoms with E-state index >= 15 is 4.39 Å². The van der Waals surface area contributed by atoms with Crippen molar-refractivity contribution in [3.05, 3.63) is 216 Å². The quantitative estimate of drug-likeness (QED) is 0.0231. The first-order valence-electron chi connectivity index (χ1n) is 25.3. The van der Waals surface area contributed by atoms with Gasteiger partial charge in [-0.2, -0.15) is 14.4 Å². The highest BCUT2D eigenvalue weighted by Crippen LogP contribution is 2.49. The van der Waals surface area contributed by atoms with Gasteiger partial charge in [-0.05, 0) is 77.4 Å². The molecule has 1 N–H and O–H groups in total. The van der Waals surface area contributed by atoms with Crippen molar-refractivity contribution in [2.24, 2.45) is 0 Å². The average Bonchev–Trinajstić information content (AvgIpc) is 4.08. The molecule has 0 unspecified atom stereocenters. The largest absolute Gasteiger partial charge is 0.497 e. The molecule has 11 nitrogen and oxygen atoms in total. The Kier molecular flexibility index (Phi) is 16.3. The molecule has 12 heteroatoms. The van der Waals surface area contributed by atoms with E-state index in [-0.39, 0.29) is 36.4 Å². The summed E-state index contributed by atoms with van der Waals surface area (Å²) in [4.78, 5) is 27.3. The van der Waals surface area contributed by atoms with Gasteiger partial charge in [0.15, 0.2) is 22.6 Å². The zero-order chi connectivity index (χ0) is 52.1. The van der Waals surface area contributed by atoms with Gasteiger partial charge in [0.05, 0.1) is 20.5 Å². The van der Waals surface area contributed by atoms with Crippen molar-refractivity contribution in [1.29, 1.82) is 0 Å². The number of ether oxygens (including phenoxy) is 5. The van der Waals surface area contributed by atoms with Crippen LogP contribution in [0.4, 0.5) is 10.2 Å². The molecule has 6 aromatic carbocycles. The highest BCUT2D eigenvalue weighted by atomic mass is 19.1. The zero-order valence-corrected chi connectivity index (χ0v) is 42.5. The van der Waals surface area contributed by atoms with E-state index in [2.05, 4.69) is 33.0 Å². The highest BCUT2D eigenvalue weighted by molar-refractivity contribution is 5.84. The Morgan fingerprint density at radius 2 is 1.23 bits per heavy atom. The average molecular weight is 1000 g/mol. The predicted molar refractivity (Wildman–Crippen MR) is 288 cm³/mol. The molecular formula is C63H60FN5O6. The number of hydrogen-bond acceptors (Lipinski definition) is 10. The molecule has 2 aromatic heterocycles. The number of rotatable bonds is 22. The molecule has 0 bridgehead atoms. The van der Waals surface area contributed by atoms with E-state index in [1.807, 2.05) is 177 Å². The summed E-state index contributed by atoms with van der Waals surface area (Å²) in [6.07, 6.45) is 11.0. The van der Waals surface area contributed by atoms with Crippen molar-refractivity contribution in [3.63, 3.8) is 0 Å². The van der Waals surface area contributed by atoms with Crippen LogP contribution >= 0.6 is 0 Å². The van der Waals surface area contributed by atoms with Crippen molar-refractivity contribution in [3.8, 4) is 35.7 Å². The Hall–Kier alpha value is -8.29. The minimum absolute atomic E-state index is 0.103. The fourth-order valence-corrected chi connectivity index (χ4v) is 10.1. The summed E-state index contributed by atoms with van der Waals surface area (Å²) < 4.78 is 50.0. The molecule has 1 saturated heterocycles. The number of carbonyl (C=O) groups excluding carboxylic acids is 1. The summed E-state index contributed by atoms with van der Waals surface area (Å²) in [5.74, 6) is 10.0. The molecule has 1 fully saturated rings. The first-order chi connectivity index (χ1) is 36.8. The second-order valence-corrected chi connectivity index (χ2v) is 18.4. The number of anilines is 1. The first kappa shape index (κ1) is 51.6. The van der Waals surface area contributed by atoms with Gasteiger partial charge in [-0.15, -0.1) is 18.3 Å². The van der Waals surface area contributed by atoms with Crippen LogP contribution in [0.25, 0.3) is 11.2 Å². The van der Waals surface area contributed by atoms with E-state index < -0.39 is 41.1 Å². The number of imidazole rings is 1. The van der Waals surface area contributed by atoms with Gasteiger partial charge in [0.1, 0.15) is 41.6 Å². The van der Waals surface area contributed by atoms with Gasteiger partial charge in [0.2, 0.25) is 0 Å². The topological polar surface area (TPSA) is 119 Å². The van der Waals surface area contributed by atoms with E-state index in [1.54, 1.807) is 25.1 Å². The maximum atomic E-state index is 16.4. The van der Waals surface area contributed by atoms with Gasteiger partial charge < -0.3 is 29.0 Å². The normalized spacial score (nSPS) is 16.4. The van der Waals surface area contributed by atoms with E-state index in [1.165, 1.54) is 0 Å². The van der Waals surface area contributed by atoms with Crippen LogP contribution in [0.3, 0.4) is 0 Å². The van der Waals surface area contributed by atoms with E-state index in [0.29, 0.717) is 17.9 Å².